The molecule has 0 amide bonds. The van der Waals surface area contributed by atoms with Crippen molar-refractivity contribution in [1.29, 1.82) is 0 Å². The van der Waals surface area contributed by atoms with E-state index in [2.05, 4.69) is 77.6 Å². The summed E-state index contributed by atoms with van der Waals surface area (Å²) in [5, 5.41) is 10.00. The van der Waals surface area contributed by atoms with Gasteiger partial charge >= 0.3 is 0 Å². The number of aromatic nitrogens is 1. The topological polar surface area (TPSA) is 34.4 Å². The summed E-state index contributed by atoms with van der Waals surface area (Å²) in [6.07, 6.45) is 6.16. The van der Waals surface area contributed by atoms with E-state index in [1.54, 1.807) is 0 Å². The zero-order valence-corrected chi connectivity index (χ0v) is 17.5. The molecule has 2 atom stereocenters. The lowest BCUT2D eigenvalue weighted by Crippen LogP contribution is -2.20. The normalized spacial score (nSPS) is 17.8. The lowest BCUT2D eigenvalue weighted by atomic mass is 9.69. The summed E-state index contributed by atoms with van der Waals surface area (Å²) in [6, 6.07) is 29.3. The molecule has 31 heavy (non-hydrogen) atoms. The fourth-order valence-corrected chi connectivity index (χ4v) is 4.84. The van der Waals surface area contributed by atoms with Crippen LogP contribution in [0.3, 0.4) is 0 Å². The van der Waals surface area contributed by atoms with Crippen LogP contribution in [0.2, 0.25) is 0 Å². The summed E-state index contributed by atoms with van der Waals surface area (Å²) in [5.74, 6) is 1.93. The Morgan fingerprint density at radius 1 is 0.839 bits per heavy atom. The highest BCUT2D eigenvalue weighted by atomic mass is 16.5. The number of phenols is 1. The molecular formula is C28H27NO2. The first-order valence-corrected chi connectivity index (χ1v) is 11.0. The zero-order chi connectivity index (χ0) is 21.0. The largest absolute Gasteiger partial charge is 0.508 e. The first-order valence-electron chi connectivity index (χ1n) is 11.0. The summed E-state index contributed by atoms with van der Waals surface area (Å²) in [5.41, 5.74) is 5.24. The molecule has 0 saturated heterocycles. The van der Waals surface area contributed by atoms with Gasteiger partial charge < -0.3 is 14.4 Å². The molecule has 5 rings (SSSR count). The molecule has 3 aromatic carbocycles. The van der Waals surface area contributed by atoms with E-state index in [1.165, 1.54) is 22.3 Å². The summed E-state index contributed by atoms with van der Waals surface area (Å²) in [7, 11) is 0. The molecule has 0 bridgehead atoms. The predicted molar refractivity (Wildman–Crippen MR) is 124 cm³/mol. The molecule has 1 aliphatic rings. The molecule has 3 nitrogen and oxygen atoms in total. The average molecular weight is 410 g/mol. The van der Waals surface area contributed by atoms with Crippen LogP contribution >= 0.6 is 0 Å². The van der Waals surface area contributed by atoms with Crippen LogP contribution in [-0.4, -0.2) is 16.3 Å². The van der Waals surface area contributed by atoms with Crippen molar-refractivity contribution in [3.63, 3.8) is 0 Å². The Bertz CT molecular complexity index is 1120. The van der Waals surface area contributed by atoms with Crippen LogP contribution in [0.5, 0.6) is 11.5 Å². The lowest BCUT2D eigenvalue weighted by Gasteiger charge is -2.34. The number of fused-ring (bicyclic) bond motifs is 1. The van der Waals surface area contributed by atoms with Gasteiger partial charge in [0.25, 0.3) is 0 Å². The fourth-order valence-electron chi connectivity index (χ4n) is 4.84. The quantitative estimate of drug-likeness (QED) is 0.415. The van der Waals surface area contributed by atoms with Crippen molar-refractivity contribution in [2.24, 2.45) is 0 Å². The molecule has 0 radical (unpaired) electrons. The predicted octanol–water partition coefficient (Wildman–Crippen LogP) is 6.13. The van der Waals surface area contributed by atoms with Crippen molar-refractivity contribution in [3.8, 4) is 11.5 Å². The number of nitrogens with zero attached hydrogens (tertiary/aromatic N) is 1. The van der Waals surface area contributed by atoms with Gasteiger partial charge in [0, 0.05) is 18.3 Å². The van der Waals surface area contributed by atoms with Crippen LogP contribution in [0.4, 0.5) is 0 Å². The van der Waals surface area contributed by atoms with Crippen molar-refractivity contribution in [2.75, 3.05) is 6.61 Å². The number of aromatic hydroxyl groups is 1. The number of benzene rings is 3. The smallest absolute Gasteiger partial charge is 0.119 e. The van der Waals surface area contributed by atoms with Crippen molar-refractivity contribution < 1.29 is 9.84 Å². The van der Waals surface area contributed by atoms with Crippen molar-refractivity contribution in [1.82, 2.24) is 4.57 Å². The molecule has 0 saturated carbocycles. The van der Waals surface area contributed by atoms with Gasteiger partial charge in [-0.05, 0) is 77.4 Å². The SMILES string of the molecule is Oc1ccc2c(c1)CCC(c1ccccc1)C2c1ccc(OCCn2cccc2)cc1. The number of hydrogen-bond acceptors (Lipinski definition) is 2. The second-order valence-electron chi connectivity index (χ2n) is 8.26. The van der Waals surface area contributed by atoms with Crippen molar-refractivity contribution >= 4 is 0 Å². The van der Waals surface area contributed by atoms with Gasteiger partial charge in [-0.15, -0.1) is 0 Å². The third-order valence-corrected chi connectivity index (χ3v) is 6.34. The van der Waals surface area contributed by atoms with E-state index in [0.29, 0.717) is 18.3 Å². The maximum absolute atomic E-state index is 10.00. The van der Waals surface area contributed by atoms with Crippen molar-refractivity contribution in [2.45, 2.75) is 31.2 Å². The highest BCUT2D eigenvalue weighted by Gasteiger charge is 2.32. The van der Waals surface area contributed by atoms with Crippen LogP contribution in [0.1, 0.15) is 40.5 Å². The second-order valence-corrected chi connectivity index (χ2v) is 8.26. The Kier molecular flexibility index (Phi) is 5.49. The average Bonchev–Trinajstić information content (AvgIpc) is 3.33. The molecule has 3 heteroatoms. The van der Waals surface area contributed by atoms with Crippen LogP contribution in [-0.2, 0) is 13.0 Å². The van der Waals surface area contributed by atoms with Gasteiger partial charge in [0.2, 0.25) is 0 Å². The van der Waals surface area contributed by atoms with Gasteiger partial charge in [0.05, 0.1) is 6.54 Å². The molecule has 1 aliphatic carbocycles. The van der Waals surface area contributed by atoms with E-state index in [4.69, 9.17) is 4.74 Å². The highest BCUT2D eigenvalue weighted by Crippen LogP contribution is 2.47. The number of phenolic OH excluding ortho intramolecular Hbond substituents is 1. The molecule has 1 heterocycles. The Hall–Kier alpha value is -3.46. The molecule has 0 spiro atoms. The first kappa shape index (κ1) is 19.5. The third kappa shape index (κ3) is 4.22. The molecule has 1 aromatic heterocycles. The van der Waals surface area contributed by atoms with E-state index in [9.17, 15) is 5.11 Å². The van der Waals surface area contributed by atoms with E-state index in [-0.39, 0.29) is 5.92 Å². The van der Waals surface area contributed by atoms with Gasteiger partial charge in [-0.1, -0.05) is 48.5 Å². The Labute approximate surface area is 183 Å². The fraction of sp³-hybridized carbons (Fsp3) is 0.214. The zero-order valence-electron chi connectivity index (χ0n) is 17.5. The van der Waals surface area contributed by atoms with E-state index in [0.717, 1.165) is 25.1 Å². The minimum atomic E-state index is 0.265. The number of ether oxygens (including phenoxy) is 1. The van der Waals surface area contributed by atoms with Gasteiger partial charge in [-0.2, -0.15) is 0 Å². The van der Waals surface area contributed by atoms with Crippen LogP contribution in [0.25, 0.3) is 0 Å². The van der Waals surface area contributed by atoms with Gasteiger partial charge in [-0.25, -0.2) is 0 Å². The Morgan fingerprint density at radius 3 is 2.39 bits per heavy atom. The summed E-state index contributed by atoms with van der Waals surface area (Å²) in [4.78, 5) is 0. The number of aryl methyl sites for hydroxylation is 1. The molecule has 2 unspecified atom stereocenters. The maximum Gasteiger partial charge on any atom is 0.119 e. The number of hydrogen-bond donors (Lipinski definition) is 1. The maximum atomic E-state index is 10.00. The van der Waals surface area contributed by atoms with Gasteiger partial charge in [-0.3, -0.25) is 0 Å². The minimum absolute atomic E-state index is 0.265. The van der Waals surface area contributed by atoms with E-state index in [1.807, 2.05) is 24.3 Å². The minimum Gasteiger partial charge on any atom is -0.508 e. The second kappa shape index (κ2) is 8.73. The van der Waals surface area contributed by atoms with Crippen LogP contribution < -0.4 is 4.74 Å². The van der Waals surface area contributed by atoms with Crippen LogP contribution in [0, 0.1) is 0 Å². The summed E-state index contributed by atoms with van der Waals surface area (Å²) in [6.45, 7) is 1.48. The number of rotatable bonds is 6. The van der Waals surface area contributed by atoms with Crippen LogP contribution in [0.15, 0.2) is 97.3 Å². The lowest BCUT2D eigenvalue weighted by molar-refractivity contribution is 0.298. The molecule has 1 N–H and O–H groups in total. The Balaban J connectivity index is 1.41. The first-order chi connectivity index (χ1) is 15.3. The van der Waals surface area contributed by atoms with Gasteiger partial charge in [0.1, 0.15) is 18.1 Å². The molecule has 156 valence electrons. The molecular weight excluding hydrogens is 382 g/mol. The van der Waals surface area contributed by atoms with E-state index >= 15 is 0 Å². The van der Waals surface area contributed by atoms with E-state index < -0.39 is 0 Å². The van der Waals surface area contributed by atoms with Gasteiger partial charge in [0.15, 0.2) is 0 Å². The molecule has 4 aromatic rings. The Morgan fingerprint density at radius 2 is 1.61 bits per heavy atom. The summed E-state index contributed by atoms with van der Waals surface area (Å²) >= 11 is 0. The standard InChI is InChI=1S/C28H27NO2/c30-24-11-15-27-23(20-24)10-14-26(21-6-2-1-3-7-21)28(27)22-8-12-25(13-9-22)31-19-18-29-16-4-5-17-29/h1-9,11-13,15-17,20,26,28,30H,10,14,18-19H2. The van der Waals surface area contributed by atoms with Crippen molar-refractivity contribution in [3.05, 3.63) is 120 Å². The molecule has 0 fully saturated rings. The molecule has 0 aliphatic heterocycles. The monoisotopic (exact) mass is 409 g/mol. The third-order valence-electron chi connectivity index (χ3n) is 6.34. The highest BCUT2D eigenvalue weighted by molar-refractivity contribution is 5.48. The summed E-state index contributed by atoms with van der Waals surface area (Å²) < 4.78 is 8.08.